The summed E-state index contributed by atoms with van der Waals surface area (Å²) in [6, 6.07) is 31.5. The first-order valence-electron chi connectivity index (χ1n) is 10.8. The van der Waals surface area contributed by atoms with E-state index in [4.69, 9.17) is 5.73 Å². The summed E-state index contributed by atoms with van der Waals surface area (Å²) in [5.74, 6) is -0.381. The van der Waals surface area contributed by atoms with Gasteiger partial charge in [0, 0.05) is 17.4 Å². The van der Waals surface area contributed by atoms with Crippen molar-refractivity contribution in [1.29, 1.82) is 0 Å². The van der Waals surface area contributed by atoms with Crippen LogP contribution in [0.2, 0.25) is 0 Å². The Balaban J connectivity index is 1.67. The second kappa shape index (κ2) is 9.05. The number of carbonyl (C=O) groups excluding carboxylic acids is 1. The van der Waals surface area contributed by atoms with Crippen molar-refractivity contribution in [2.75, 3.05) is 0 Å². The summed E-state index contributed by atoms with van der Waals surface area (Å²) in [5, 5.41) is 0. The van der Waals surface area contributed by atoms with Gasteiger partial charge in [-0.15, -0.1) is 0 Å². The van der Waals surface area contributed by atoms with Gasteiger partial charge in [-0.1, -0.05) is 84.9 Å². The minimum absolute atomic E-state index is 0.233. The standard InChI is InChI=1S/C28H28N2O/c1-20(13-14-22-9-5-3-6-10-22)30-21(2)26(28(29)31)19-27(30)25-17-15-24(16-18-25)23-11-7-4-8-12-23/h3-12,15-20H,13-14H2,1-2H3,(H2,29,31). The summed E-state index contributed by atoms with van der Waals surface area (Å²) < 4.78 is 2.26. The molecular formula is C28H28N2O. The molecule has 4 aromatic rings. The number of benzene rings is 3. The average Bonchev–Trinajstić information content (AvgIpc) is 3.16. The lowest BCUT2D eigenvalue weighted by Gasteiger charge is -2.20. The van der Waals surface area contributed by atoms with Crippen molar-refractivity contribution in [1.82, 2.24) is 4.57 Å². The predicted molar refractivity (Wildman–Crippen MR) is 128 cm³/mol. The number of hydrogen-bond acceptors (Lipinski definition) is 1. The van der Waals surface area contributed by atoms with Crippen LogP contribution in [-0.2, 0) is 6.42 Å². The van der Waals surface area contributed by atoms with Crippen molar-refractivity contribution in [3.8, 4) is 22.4 Å². The Morgan fingerprint density at radius 1 is 0.839 bits per heavy atom. The first-order valence-corrected chi connectivity index (χ1v) is 10.8. The highest BCUT2D eigenvalue weighted by Gasteiger charge is 2.20. The Kier molecular flexibility index (Phi) is 6.03. The van der Waals surface area contributed by atoms with Crippen LogP contribution in [0, 0.1) is 6.92 Å². The van der Waals surface area contributed by atoms with E-state index < -0.39 is 0 Å². The first kappa shape index (κ1) is 20.7. The lowest BCUT2D eigenvalue weighted by molar-refractivity contribution is 0.0999. The summed E-state index contributed by atoms with van der Waals surface area (Å²) in [6.07, 6.45) is 1.96. The highest BCUT2D eigenvalue weighted by atomic mass is 16.1. The molecule has 0 bridgehead atoms. The lowest BCUT2D eigenvalue weighted by atomic mass is 10.0. The molecule has 1 heterocycles. The number of aromatic nitrogens is 1. The monoisotopic (exact) mass is 408 g/mol. The molecule has 0 saturated heterocycles. The summed E-state index contributed by atoms with van der Waals surface area (Å²) in [5.41, 5.74) is 13.0. The van der Waals surface area contributed by atoms with Crippen LogP contribution in [-0.4, -0.2) is 10.5 Å². The topological polar surface area (TPSA) is 48.0 Å². The van der Waals surface area contributed by atoms with E-state index in [-0.39, 0.29) is 11.9 Å². The highest BCUT2D eigenvalue weighted by molar-refractivity contribution is 5.95. The third kappa shape index (κ3) is 4.46. The van der Waals surface area contributed by atoms with Gasteiger partial charge < -0.3 is 10.3 Å². The van der Waals surface area contributed by atoms with Crippen molar-refractivity contribution in [3.63, 3.8) is 0 Å². The molecule has 1 aromatic heterocycles. The Bertz CT molecular complexity index is 1160. The third-order valence-electron chi connectivity index (χ3n) is 5.98. The molecule has 0 aliphatic carbocycles. The van der Waals surface area contributed by atoms with E-state index in [0.29, 0.717) is 5.56 Å². The summed E-state index contributed by atoms with van der Waals surface area (Å²) in [4.78, 5) is 12.1. The van der Waals surface area contributed by atoms with Crippen molar-refractivity contribution in [2.24, 2.45) is 5.73 Å². The van der Waals surface area contributed by atoms with Crippen LogP contribution in [0.4, 0.5) is 0 Å². The molecule has 0 aliphatic rings. The maximum absolute atomic E-state index is 12.1. The largest absolute Gasteiger partial charge is 0.366 e. The molecule has 0 fully saturated rings. The first-order chi connectivity index (χ1) is 15.0. The summed E-state index contributed by atoms with van der Waals surface area (Å²) >= 11 is 0. The molecule has 1 amide bonds. The zero-order valence-corrected chi connectivity index (χ0v) is 18.1. The molecule has 3 nitrogen and oxygen atoms in total. The van der Waals surface area contributed by atoms with Crippen LogP contribution in [0.3, 0.4) is 0 Å². The van der Waals surface area contributed by atoms with Gasteiger partial charge in [-0.05, 0) is 55.0 Å². The molecule has 0 spiro atoms. The van der Waals surface area contributed by atoms with E-state index in [0.717, 1.165) is 29.8 Å². The van der Waals surface area contributed by atoms with Crippen LogP contribution in [0.5, 0.6) is 0 Å². The van der Waals surface area contributed by atoms with Crippen molar-refractivity contribution in [3.05, 3.63) is 108 Å². The van der Waals surface area contributed by atoms with Crippen LogP contribution in [0.1, 0.15) is 41.0 Å². The number of aryl methyl sites for hydroxylation is 1. The Morgan fingerprint density at radius 2 is 1.39 bits per heavy atom. The Hall–Kier alpha value is -3.59. The van der Waals surface area contributed by atoms with E-state index in [1.807, 2.05) is 37.3 Å². The van der Waals surface area contributed by atoms with Gasteiger partial charge in [0.05, 0.1) is 5.56 Å². The van der Waals surface area contributed by atoms with Gasteiger partial charge >= 0.3 is 0 Å². The number of carbonyl (C=O) groups is 1. The van der Waals surface area contributed by atoms with Gasteiger partial charge in [-0.25, -0.2) is 0 Å². The van der Waals surface area contributed by atoms with Gasteiger partial charge in [0.1, 0.15) is 0 Å². The van der Waals surface area contributed by atoms with Crippen LogP contribution in [0.25, 0.3) is 22.4 Å². The number of nitrogens with zero attached hydrogens (tertiary/aromatic N) is 1. The van der Waals surface area contributed by atoms with Crippen LogP contribution >= 0.6 is 0 Å². The molecule has 1 atom stereocenters. The number of rotatable bonds is 7. The normalized spacial score (nSPS) is 11.9. The van der Waals surface area contributed by atoms with Crippen molar-refractivity contribution in [2.45, 2.75) is 32.7 Å². The SMILES string of the molecule is Cc1c(C(N)=O)cc(-c2ccc(-c3ccccc3)cc2)n1C(C)CCc1ccccc1. The number of amides is 1. The van der Waals surface area contributed by atoms with E-state index in [9.17, 15) is 4.79 Å². The van der Waals surface area contributed by atoms with E-state index >= 15 is 0 Å². The second-order valence-electron chi connectivity index (χ2n) is 8.08. The fourth-order valence-corrected chi connectivity index (χ4v) is 4.27. The summed E-state index contributed by atoms with van der Waals surface area (Å²) in [6.45, 7) is 4.20. The predicted octanol–water partition coefficient (Wildman–Crippen LogP) is 6.42. The second-order valence-corrected chi connectivity index (χ2v) is 8.08. The fourth-order valence-electron chi connectivity index (χ4n) is 4.27. The number of hydrogen-bond donors (Lipinski definition) is 1. The maximum Gasteiger partial charge on any atom is 0.250 e. The molecule has 156 valence electrons. The zero-order chi connectivity index (χ0) is 21.8. The average molecular weight is 409 g/mol. The zero-order valence-electron chi connectivity index (χ0n) is 18.1. The Morgan fingerprint density at radius 3 is 2.00 bits per heavy atom. The van der Waals surface area contributed by atoms with Crippen molar-refractivity contribution >= 4 is 5.91 Å². The Labute approximate surface area is 184 Å². The molecular weight excluding hydrogens is 380 g/mol. The molecule has 0 saturated carbocycles. The number of nitrogens with two attached hydrogens (primary N) is 1. The number of primary amides is 1. The van der Waals surface area contributed by atoms with Crippen LogP contribution in [0.15, 0.2) is 91.0 Å². The molecule has 3 aromatic carbocycles. The molecule has 0 radical (unpaired) electrons. The quantitative estimate of drug-likeness (QED) is 0.377. The molecule has 2 N–H and O–H groups in total. The summed E-state index contributed by atoms with van der Waals surface area (Å²) in [7, 11) is 0. The van der Waals surface area contributed by atoms with Gasteiger partial charge in [0.25, 0.3) is 5.91 Å². The highest BCUT2D eigenvalue weighted by Crippen LogP contribution is 2.32. The van der Waals surface area contributed by atoms with Gasteiger partial charge in [0.15, 0.2) is 0 Å². The maximum atomic E-state index is 12.1. The molecule has 0 aliphatic heterocycles. The molecule has 3 heteroatoms. The fraction of sp³-hybridized carbons (Fsp3) is 0.179. The molecule has 4 rings (SSSR count). The molecule has 31 heavy (non-hydrogen) atoms. The van der Waals surface area contributed by atoms with Gasteiger partial charge in [0.2, 0.25) is 0 Å². The van der Waals surface area contributed by atoms with Gasteiger partial charge in [-0.3, -0.25) is 4.79 Å². The van der Waals surface area contributed by atoms with Crippen molar-refractivity contribution < 1.29 is 4.79 Å². The van der Waals surface area contributed by atoms with E-state index in [1.54, 1.807) is 0 Å². The lowest BCUT2D eigenvalue weighted by Crippen LogP contribution is -2.14. The van der Waals surface area contributed by atoms with Crippen LogP contribution < -0.4 is 5.73 Å². The minimum atomic E-state index is -0.381. The minimum Gasteiger partial charge on any atom is -0.366 e. The van der Waals surface area contributed by atoms with E-state index in [2.05, 4.69) is 72.2 Å². The van der Waals surface area contributed by atoms with Gasteiger partial charge in [-0.2, -0.15) is 0 Å². The third-order valence-corrected chi connectivity index (χ3v) is 5.98. The molecule has 1 unspecified atom stereocenters. The smallest absolute Gasteiger partial charge is 0.250 e. The van der Waals surface area contributed by atoms with E-state index in [1.165, 1.54) is 16.7 Å².